The number of hydrogen-bond donors (Lipinski definition) is 3. The van der Waals surface area contributed by atoms with Gasteiger partial charge in [0.05, 0.1) is 11.6 Å². The fourth-order valence-electron chi connectivity index (χ4n) is 3.66. The molecule has 1 aromatic heterocycles. The summed E-state index contributed by atoms with van der Waals surface area (Å²) in [6.07, 6.45) is 2.17. The van der Waals surface area contributed by atoms with Gasteiger partial charge in [0.15, 0.2) is 0 Å². The number of hydrogen-bond acceptors (Lipinski definition) is 5. The number of nitrogens with zero attached hydrogens (tertiary/aromatic N) is 2. The van der Waals surface area contributed by atoms with Gasteiger partial charge in [-0.3, -0.25) is 4.79 Å². The Hall–Kier alpha value is -2.22. The standard InChI is InChI=1S/C19H29ClN4O4/c1-5-28-17-13(15(21)25)10-14(20)16(23-17)22-11-6-8-12(9-7-11)24(18(26)27)19(2,3)4/h10-12H,5-9H2,1-4H3,(H2,21,25)(H,22,23)(H,26,27)/t11-,12-. The first-order valence-corrected chi connectivity index (χ1v) is 9.84. The second kappa shape index (κ2) is 8.86. The van der Waals surface area contributed by atoms with E-state index in [1.165, 1.54) is 6.07 Å². The van der Waals surface area contributed by atoms with Gasteiger partial charge in [-0.25, -0.2) is 4.79 Å². The number of anilines is 1. The predicted molar refractivity (Wildman–Crippen MR) is 108 cm³/mol. The first-order valence-electron chi connectivity index (χ1n) is 9.46. The van der Waals surface area contributed by atoms with Gasteiger partial charge < -0.3 is 25.8 Å². The van der Waals surface area contributed by atoms with Crippen molar-refractivity contribution < 1.29 is 19.4 Å². The van der Waals surface area contributed by atoms with Crippen LogP contribution in [0.1, 0.15) is 63.7 Å². The Morgan fingerprint density at radius 3 is 2.43 bits per heavy atom. The van der Waals surface area contributed by atoms with Gasteiger partial charge in [0.1, 0.15) is 11.4 Å². The van der Waals surface area contributed by atoms with Crippen molar-refractivity contribution in [1.29, 1.82) is 0 Å². The third kappa shape index (κ3) is 5.19. The van der Waals surface area contributed by atoms with Crippen molar-refractivity contribution in [2.75, 3.05) is 11.9 Å². The lowest BCUT2D eigenvalue weighted by Crippen LogP contribution is -2.52. The number of ether oxygens (including phenoxy) is 1. The van der Waals surface area contributed by atoms with E-state index in [-0.39, 0.29) is 23.5 Å². The molecule has 28 heavy (non-hydrogen) atoms. The van der Waals surface area contributed by atoms with Gasteiger partial charge in [-0.2, -0.15) is 4.98 Å². The van der Waals surface area contributed by atoms with Crippen molar-refractivity contribution in [3.8, 4) is 5.88 Å². The van der Waals surface area contributed by atoms with Crippen LogP contribution in [-0.2, 0) is 0 Å². The Kier molecular flexibility index (Phi) is 6.98. The molecule has 1 heterocycles. The third-order valence-corrected chi connectivity index (χ3v) is 5.11. The Labute approximate surface area is 170 Å². The topological polar surface area (TPSA) is 118 Å². The molecule has 1 aliphatic rings. The summed E-state index contributed by atoms with van der Waals surface area (Å²) in [5.74, 6) is -0.0642. The molecule has 4 N–H and O–H groups in total. The number of aromatic nitrogens is 1. The molecule has 0 unspecified atom stereocenters. The van der Waals surface area contributed by atoms with E-state index in [1.54, 1.807) is 11.8 Å². The second-order valence-electron chi connectivity index (χ2n) is 7.94. The van der Waals surface area contributed by atoms with Gasteiger partial charge in [-0.1, -0.05) is 11.6 Å². The Bertz CT molecular complexity index is 727. The van der Waals surface area contributed by atoms with Gasteiger partial charge >= 0.3 is 6.09 Å². The third-order valence-electron chi connectivity index (χ3n) is 4.82. The van der Waals surface area contributed by atoms with E-state index in [1.807, 2.05) is 20.8 Å². The van der Waals surface area contributed by atoms with E-state index in [9.17, 15) is 14.7 Å². The van der Waals surface area contributed by atoms with Crippen molar-refractivity contribution in [1.82, 2.24) is 9.88 Å². The fourth-order valence-corrected chi connectivity index (χ4v) is 3.86. The normalized spacial score (nSPS) is 19.8. The van der Waals surface area contributed by atoms with Crippen molar-refractivity contribution in [3.63, 3.8) is 0 Å². The van der Waals surface area contributed by atoms with E-state index < -0.39 is 17.5 Å². The van der Waals surface area contributed by atoms with E-state index in [0.29, 0.717) is 17.4 Å². The molecule has 0 saturated heterocycles. The molecule has 0 spiro atoms. The van der Waals surface area contributed by atoms with Crippen molar-refractivity contribution in [2.24, 2.45) is 5.73 Å². The second-order valence-corrected chi connectivity index (χ2v) is 8.35. The van der Waals surface area contributed by atoms with Gasteiger partial charge in [-0.05, 0) is 59.4 Å². The van der Waals surface area contributed by atoms with Crippen molar-refractivity contribution in [2.45, 2.75) is 71.0 Å². The number of carbonyl (C=O) groups is 2. The number of halogens is 1. The van der Waals surface area contributed by atoms with Gasteiger partial charge in [-0.15, -0.1) is 0 Å². The van der Waals surface area contributed by atoms with Crippen LogP contribution < -0.4 is 15.8 Å². The minimum atomic E-state index is -0.892. The zero-order valence-corrected chi connectivity index (χ0v) is 17.5. The summed E-state index contributed by atoms with van der Waals surface area (Å²) >= 11 is 6.27. The maximum absolute atomic E-state index is 11.7. The number of amides is 2. The summed E-state index contributed by atoms with van der Waals surface area (Å²) < 4.78 is 5.41. The minimum Gasteiger partial charge on any atom is -0.477 e. The quantitative estimate of drug-likeness (QED) is 0.655. The van der Waals surface area contributed by atoms with Gasteiger partial charge in [0.2, 0.25) is 5.88 Å². The van der Waals surface area contributed by atoms with Crippen LogP contribution in [0, 0.1) is 0 Å². The summed E-state index contributed by atoms with van der Waals surface area (Å²) in [5.41, 5.74) is 5.06. The van der Waals surface area contributed by atoms with E-state index in [2.05, 4.69) is 10.3 Å². The van der Waals surface area contributed by atoms with Crippen molar-refractivity contribution >= 4 is 29.4 Å². The first kappa shape index (κ1) is 22.1. The van der Waals surface area contributed by atoms with Crippen LogP contribution >= 0.6 is 11.6 Å². The molecule has 2 amide bonds. The highest BCUT2D eigenvalue weighted by Crippen LogP contribution is 2.32. The molecule has 0 radical (unpaired) electrons. The Morgan fingerprint density at radius 2 is 1.96 bits per heavy atom. The zero-order valence-electron chi connectivity index (χ0n) is 16.8. The lowest BCUT2D eigenvalue weighted by Gasteiger charge is -2.42. The molecule has 0 atom stereocenters. The van der Waals surface area contributed by atoms with E-state index in [0.717, 1.165) is 25.7 Å². The summed E-state index contributed by atoms with van der Waals surface area (Å²) in [6, 6.07) is 1.54. The summed E-state index contributed by atoms with van der Waals surface area (Å²) in [7, 11) is 0. The number of pyridine rings is 1. The molecule has 1 fully saturated rings. The largest absolute Gasteiger partial charge is 0.477 e. The van der Waals surface area contributed by atoms with Crippen LogP contribution in [-0.4, -0.2) is 51.2 Å². The molecule has 1 aromatic rings. The number of carbonyl (C=O) groups excluding carboxylic acids is 1. The molecule has 0 bridgehead atoms. The fraction of sp³-hybridized carbons (Fsp3) is 0.632. The van der Waals surface area contributed by atoms with Gasteiger partial charge in [0.25, 0.3) is 5.91 Å². The number of carboxylic acid groups (broad SMARTS) is 1. The minimum absolute atomic E-state index is 0.0183. The van der Waals surface area contributed by atoms with Crippen LogP contribution in [0.4, 0.5) is 10.6 Å². The molecular weight excluding hydrogens is 384 g/mol. The Morgan fingerprint density at radius 1 is 1.36 bits per heavy atom. The molecule has 1 saturated carbocycles. The number of primary amides is 1. The lowest BCUT2D eigenvalue weighted by atomic mass is 9.88. The highest BCUT2D eigenvalue weighted by atomic mass is 35.5. The molecule has 2 rings (SSSR count). The molecule has 1 aliphatic carbocycles. The average molecular weight is 413 g/mol. The molecule has 9 heteroatoms. The smallest absolute Gasteiger partial charge is 0.407 e. The summed E-state index contributed by atoms with van der Waals surface area (Å²) in [5, 5.41) is 13.2. The maximum atomic E-state index is 11.7. The highest BCUT2D eigenvalue weighted by Gasteiger charge is 2.35. The van der Waals surface area contributed by atoms with E-state index in [4.69, 9.17) is 22.1 Å². The lowest BCUT2D eigenvalue weighted by molar-refractivity contribution is 0.0556. The maximum Gasteiger partial charge on any atom is 0.407 e. The van der Waals surface area contributed by atoms with Crippen LogP contribution in [0.5, 0.6) is 5.88 Å². The summed E-state index contributed by atoms with van der Waals surface area (Å²) in [4.78, 5) is 29.1. The van der Waals surface area contributed by atoms with Crippen molar-refractivity contribution in [3.05, 3.63) is 16.7 Å². The molecule has 0 aliphatic heterocycles. The van der Waals surface area contributed by atoms with Crippen LogP contribution in [0.3, 0.4) is 0 Å². The molecule has 0 aromatic carbocycles. The Balaban J connectivity index is 2.09. The van der Waals surface area contributed by atoms with Crippen LogP contribution in [0.25, 0.3) is 0 Å². The zero-order chi connectivity index (χ0) is 21.1. The molecule has 8 nitrogen and oxygen atoms in total. The highest BCUT2D eigenvalue weighted by molar-refractivity contribution is 6.33. The molecule has 156 valence electrons. The van der Waals surface area contributed by atoms with E-state index >= 15 is 0 Å². The monoisotopic (exact) mass is 412 g/mol. The predicted octanol–water partition coefficient (Wildman–Crippen LogP) is 3.73. The summed E-state index contributed by atoms with van der Waals surface area (Å²) in [6.45, 7) is 7.86. The average Bonchev–Trinajstić information content (AvgIpc) is 2.57. The SMILES string of the molecule is CCOc1nc(N[C@H]2CC[C@H](N(C(=O)O)C(C)(C)C)CC2)c(Cl)cc1C(N)=O. The van der Waals surface area contributed by atoms with Crippen LogP contribution in [0.15, 0.2) is 6.07 Å². The number of nitrogens with two attached hydrogens (primary N) is 1. The van der Waals surface area contributed by atoms with Crippen LogP contribution in [0.2, 0.25) is 5.02 Å². The molecular formula is C19H29ClN4O4. The number of nitrogens with one attached hydrogen (secondary N) is 1. The van der Waals surface area contributed by atoms with Gasteiger partial charge in [0, 0.05) is 17.6 Å². The first-order chi connectivity index (χ1) is 13.0. The number of rotatable bonds is 6.